The van der Waals surface area contributed by atoms with Gasteiger partial charge in [0.05, 0.1) is 6.42 Å². The zero-order valence-corrected chi connectivity index (χ0v) is 14.6. The number of carbonyl (C=O) groups is 2. The highest BCUT2D eigenvalue weighted by Gasteiger charge is 2.13. The van der Waals surface area contributed by atoms with Crippen molar-refractivity contribution in [1.82, 2.24) is 0 Å². The molecule has 0 saturated heterocycles. The molecular weight excluding hydrogens is 302 g/mol. The number of anilines is 1. The number of esters is 1. The molecule has 0 fully saturated rings. The van der Waals surface area contributed by atoms with E-state index in [-0.39, 0.29) is 24.2 Å². The van der Waals surface area contributed by atoms with E-state index < -0.39 is 0 Å². The normalized spacial score (nSPS) is 10.5. The Bertz CT molecular complexity index is 733. The van der Waals surface area contributed by atoms with E-state index in [9.17, 15) is 9.59 Å². The van der Waals surface area contributed by atoms with Crippen LogP contribution in [0.1, 0.15) is 43.4 Å². The van der Waals surface area contributed by atoms with Crippen molar-refractivity contribution in [1.29, 1.82) is 0 Å². The number of rotatable bonds is 5. The van der Waals surface area contributed by atoms with Crippen molar-refractivity contribution in [2.45, 2.75) is 40.0 Å². The third-order valence-electron chi connectivity index (χ3n) is 3.64. The summed E-state index contributed by atoms with van der Waals surface area (Å²) in [5, 5.41) is 2.70. The molecule has 0 aliphatic heterocycles. The number of hydrogen-bond donors (Lipinski definition) is 1. The lowest BCUT2D eigenvalue weighted by molar-refractivity contribution is -0.133. The Labute approximate surface area is 142 Å². The summed E-state index contributed by atoms with van der Waals surface area (Å²) in [6, 6.07) is 13.1. The van der Waals surface area contributed by atoms with Crippen molar-refractivity contribution in [2.24, 2.45) is 0 Å². The SMILES string of the molecule is CC(=O)Nc1ccc(CC(=O)Oc2cc(C)ccc2C(C)C)cc1. The Morgan fingerprint density at radius 2 is 1.75 bits per heavy atom. The number of aryl methyl sites for hydroxylation is 1. The van der Waals surface area contributed by atoms with Crippen LogP contribution >= 0.6 is 0 Å². The van der Waals surface area contributed by atoms with Crippen LogP contribution in [-0.4, -0.2) is 11.9 Å². The molecule has 4 nitrogen and oxygen atoms in total. The molecule has 0 atom stereocenters. The summed E-state index contributed by atoms with van der Waals surface area (Å²) in [4.78, 5) is 23.2. The van der Waals surface area contributed by atoms with Gasteiger partial charge in [-0.2, -0.15) is 0 Å². The molecule has 0 spiro atoms. The number of amides is 1. The van der Waals surface area contributed by atoms with Gasteiger partial charge in [0.1, 0.15) is 5.75 Å². The van der Waals surface area contributed by atoms with Crippen LogP contribution in [0, 0.1) is 6.92 Å². The second kappa shape index (κ2) is 7.77. The average molecular weight is 325 g/mol. The molecule has 0 radical (unpaired) electrons. The summed E-state index contributed by atoms with van der Waals surface area (Å²) in [6.07, 6.45) is 0.186. The molecule has 0 aromatic heterocycles. The molecule has 0 aliphatic rings. The summed E-state index contributed by atoms with van der Waals surface area (Å²) < 4.78 is 5.58. The van der Waals surface area contributed by atoms with Crippen LogP contribution in [-0.2, 0) is 16.0 Å². The highest BCUT2D eigenvalue weighted by atomic mass is 16.5. The maximum Gasteiger partial charge on any atom is 0.315 e. The van der Waals surface area contributed by atoms with Crippen LogP contribution in [0.4, 0.5) is 5.69 Å². The van der Waals surface area contributed by atoms with Crippen molar-refractivity contribution >= 4 is 17.6 Å². The summed E-state index contributed by atoms with van der Waals surface area (Å²) >= 11 is 0. The second-order valence-corrected chi connectivity index (χ2v) is 6.22. The molecule has 24 heavy (non-hydrogen) atoms. The van der Waals surface area contributed by atoms with Crippen molar-refractivity contribution in [2.75, 3.05) is 5.32 Å². The Hall–Kier alpha value is -2.62. The number of nitrogens with one attached hydrogen (secondary N) is 1. The van der Waals surface area contributed by atoms with E-state index in [0.717, 1.165) is 16.7 Å². The molecule has 0 aliphatic carbocycles. The van der Waals surface area contributed by atoms with Crippen LogP contribution in [0.3, 0.4) is 0 Å². The van der Waals surface area contributed by atoms with Crippen molar-refractivity contribution in [3.63, 3.8) is 0 Å². The van der Waals surface area contributed by atoms with Gasteiger partial charge in [-0.3, -0.25) is 9.59 Å². The van der Waals surface area contributed by atoms with Crippen molar-refractivity contribution in [3.8, 4) is 5.75 Å². The topological polar surface area (TPSA) is 55.4 Å². The Kier molecular flexibility index (Phi) is 5.74. The minimum Gasteiger partial charge on any atom is -0.426 e. The maximum absolute atomic E-state index is 12.2. The first-order valence-corrected chi connectivity index (χ1v) is 8.03. The smallest absolute Gasteiger partial charge is 0.315 e. The molecule has 0 saturated carbocycles. The van der Waals surface area contributed by atoms with Gasteiger partial charge in [-0.1, -0.05) is 38.1 Å². The number of carbonyl (C=O) groups excluding carboxylic acids is 2. The van der Waals surface area contributed by atoms with E-state index in [1.165, 1.54) is 6.92 Å². The first-order chi connectivity index (χ1) is 11.3. The lowest BCUT2D eigenvalue weighted by atomic mass is 10.0. The zero-order chi connectivity index (χ0) is 17.7. The maximum atomic E-state index is 12.2. The molecule has 1 N–H and O–H groups in total. The Balaban J connectivity index is 2.06. The van der Waals surface area contributed by atoms with Gasteiger partial charge in [0.25, 0.3) is 0 Å². The summed E-state index contributed by atoms with van der Waals surface area (Å²) in [5.74, 6) is 0.493. The van der Waals surface area contributed by atoms with Crippen LogP contribution in [0.15, 0.2) is 42.5 Å². The third-order valence-corrected chi connectivity index (χ3v) is 3.64. The molecule has 4 heteroatoms. The van der Waals surface area contributed by atoms with Gasteiger partial charge in [0, 0.05) is 12.6 Å². The molecular formula is C20H23NO3. The summed E-state index contributed by atoms with van der Waals surface area (Å²) in [7, 11) is 0. The fourth-order valence-corrected chi connectivity index (χ4v) is 2.44. The van der Waals surface area contributed by atoms with Gasteiger partial charge < -0.3 is 10.1 Å². The first-order valence-electron chi connectivity index (χ1n) is 8.03. The Morgan fingerprint density at radius 1 is 1.08 bits per heavy atom. The van der Waals surface area contributed by atoms with Gasteiger partial charge in [-0.05, 0) is 47.7 Å². The highest BCUT2D eigenvalue weighted by Crippen LogP contribution is 2.27. The summed E-state index contributed by atoms with van der Waals surface area (Å²) in [5.41, 5.74) is 3.63. The standard InChI is InChI=1S/C20H23NO3/c1-13(2)18-10-5-14(3)11-19(18)24-20(23)12-16-6-8-17(9-7-16)21-15(4)22/h5-11,13H,12H2,1-4H3,(H,21,22). The lowest BCUT2D eigenvalue weighted by Gasteiger charge is -2.13. The van der Waals surface area contributed by atoms with Crippen molar-refractivity contribution in [3.05, 3.63) is 59.2 Å². The highest BCUT2D eigenvalue weighted by molar-refractivity contribution is 5.88. The van der Waals surface area contributed by atoms with Crippen LogP contribution in [0.5, 0.6) is 5.75 Å². The van der Waals surface area contributed by atoms with E-state index >= 15 is 0 Å². The van der Waals surface area contributed by atoms with E-state index in [0.29, 0.717) is 11.4 Å². The first kappa shape index (κ1) is 17.7. The molecule has 0 bridgehead atoms. The van der Waals surface area contributed by atoms with E-state index in [4.69, 9.17) is 4.74 Å². The van der Waals surface area contributed by atoms with Gasteiger partial charge in [-0.25, -0.2) is 0 Å². The van der Waals surface area contributed by atoms with Crippen molar-refractivity contribution < 1.29 is 14.3 Å². The molecule has 126 valence electrons. The lowest BCUT2D eigenvalue weighted by Crippen LogP contribution is -2.13. The number of ether oxygens (including phenoxy) is 1. The van der Waals surface area contributed by atoms with Gasteiger partial charge in [0.15, 0.2) is 0 Å². The Morgan fingerprint density at radius 3 is 2.33 bits per heavy atom. The second-order valence-electron chi connectivity index (χ2n) is 6.22. The van der Waals surface area contributed by atoms with Crippen LogP contribution < -0.4 is 10.1 Å². The molecule has 0 unspecified atom stereocenters. The summed E-state index contributed by atoms with van der Waals surface area (Å²) in [6.45, 7) is 7.58. The number of hydrogen-bond acceptors (Lipinski definition) is 3. The predicted molar refractivity (Wildman–Crippen MR) is 95.4 cm³/mol. The monoisotopic (exact) mass is 325 g/mol. The van der Waals surface area contributed by atoms with E-state index in [2.05, 4.69) is 19.2 Å². The quantitative estimate of drug-likeness (QED) is 0.661. The van der Waals surface area contributed by atoms with Gasteiger partial charge in [0.2, 0.25) is 5.91 Å². The van der Waals surface area contributed by atoms with Crippen LogP contribution in [0.2, 0.25) is 0 Å². The fraction of sp³-hybridized carbons (Fsp3) is 0.300. The number of benzene rings is 2. The van der Waals surface area contributed by atoms with E-state index in [1.807, 2.05) is 37.3 Å². The van der Waals surface area contributed by atoms with Gasteiger partial charge in [-0.15, -0.1) is 0 Å². The average Bonchev–Trinajstić information content (AvgIpc) is 2.48. The minimum atomic E-state index is -0.297. The minimum absolute atomic E-state index is 0.122. The third kappa shape index (κ3) is 4.95. The predicted octanol–water partition coefficient (Wildman–Crippen LogP) is 4.22. The molecule has 0 heterocycles. The zero-order valence-electron chi connectivity index (χ0n) is 14.6. The van der Waals surface area contributed by atoms with E-state index in [1.54, 1.807) is 12.1 Å². The largest absolute Gasteiger partial charge is 0.426 e. The van der Waals surface area contributed by atoms with Crippen LogP contribution in [0.25, 0.3) is 0 Å². The fourth-order valence-electron chi connectivity index (χ4n) is 2.44. The molecule has 2 rings (SSSR count). The molecule has 2 aromatic rings. The molecule has 1 amide bonds. The van der Waals surface area contributed by atoms with Gasteiger partial charge >= 0.3 is 5.97 Å². The molecule has 2 aromatic carbocycles.